The number of benzene rings is 1. The van der Waals surface area contributed by atoms with Gasteiger partial charge in [0.15, 0.2) is 0 Å². The highest BCUT2D eigenvalue weighted by molar-refractivity contribution is 5.82. The third kappa shape index (κ3) is 1.71. The van der Waals surface area contributed by atoms with Crippen molar-refractivity contribution >= 4 is 10.9 Å². The first-order chi connectivity index (χ1) is 7.95. The van der Waals surface area contributed by atoms with Crippen LogP contribution in [0.2, 0.25) is 0 Å². The molecule has 1 saturated carbocycles. The van der Waals surface area contributed by atoms with Crippen molar-refractivity contribution in [2.45, 2.75) is 38.0 Å². The Morgan fingerprint density at radius 1 is 0.938 bits per heavy atom. The number of nitrogens with zero attached hydrogens (tertiary/aromatic N) is 1. The van der Waals surface area contributed by atoms with E-state index in [1.54, 1.807) is 0 Å². The molecule has 3 rings (SSSR count). The van der Waals surface area contributed by atoms with Crippen LogP contribution in [0.3, 0.4) is 0 Å². The first-order valence-corrected chi connectivity index (χ1v) is 6.29. The number of pyridine rings is 1. The minimum atomic E-state index is 0.765. The fourth-order valence-electron chi connectivity index (χ4n) is 2.89. The number of fused-ring (bicyclic) bond motifs is 1. The van der Waals surface area contributed by atoms with Gasteiger partial charge >= 0.3 is 0 Å². The lowest BCUT2D eigenvalue weighted by Gasteiger charge is -2.23. The Hall–Kier alpha value is -1.37. The molecule has 1 aliphatic carbocycles. The summed E-state index contributed by atoms with van der Waals surface area (Å²) in [6, 6.07) is 10.7. The number of para-hydroxylation sites is 1. The zero-order chi connectivity index (χ0) is 10.8. The molecular formula is C15H17N. The minimum absolute atomic E-state index is 0.765. The summed E-state index contributed by atoms with van der Waals surface area (Å²) in [7, 11) is 0. The number of rotatable bonds is 1. The zero-order valence-corrected chi connectivity index (χ0v) is 9.52. The molecule has 1 heteroatoms. The lowest BCUT2D eigenvalue weighted by atomic mass is 9.83. The molecule has 1 aromatic heterocycles. The maximum Gasteiger partial charge on any atom is 0.0704 e. The average Bonchev–Trinajstić information content (AvgIpc) is 2.39. The Balaban J connectivity index is 2.08. The van der Waals surface area contributed by atoms with Crippen molar-refractivity contribution in [1.82, 2.24) is 4.98 Å². The van der Waals surface area contributed by atoms with E-state index >= 15 is 0 Å². The van der Waals surface area contributed by atoms with Crippen LogP contribution >= 0.6 is 0 Å². The zero-order valence-electron chi connectivity index (χ0n) is 9.52. The highest BCUT2D eigenvalue weighted by Crippen LogP contribution is 2.35. The van der Waals surface area contributed by atoms with Crippen LogP contribution in [0, 0.1) is 0 Å². The molecule has 0 atom stereocenters. The standard InChI is InChI=1S/C15H17N/c1-2-6-12(7-3-1)13-10-11-16-15-9-5-4-8-14(13)15/h4-5,8-12H,1-3,6-7H2. The summed E-state index contributed by atoms with van der Waals surface area (Å²) in [6.07, 6.45) is 8.87. The van der Waals surface area contributed by atoms with Gasteiger partial charge in [-0.25, -0.2) is 0 Å². The Morgan fingerprint density at radius 2 is 1.75 bits per heavy atom. The molecule has 0 unspecified atom stereocenters. The van der Waals surface area contributed by atoms with E-state index in [4.69, 9.17) is 0 Å². The monoisotopic (exact) mass is 211 g/mol. The van der Waals surface area contributed by atoms with Gasteiger partial charge in [0.25, 0.3) is 0 Å². The molecule has 0 amide bonds. The van der Waals surface area contributed by atoms with Crippen molar-refractivity contribution in [2.75, 3.05) is 0 Å². The summed E-state index contributed by atoms with van der Waals surface area (Å²) < 4.78 is 0. The summed E-state index contributed by atoms with van der Waals surface area (Å²) in [5, 5.41) is 1.36. The maximum atomic E-state index is 4.44. The van der Waals surface area contributed by atoms with E-state index < -0.39 is 0 Å². The number of hydrogen-bond acceptors (Lipinski definition) is 1. The maximum absolute atomic E-state index is 4.44. The quantitative estimate of drug-likeness (QED) is 0.686. The Labute approximate surface area is 96.5 Å². The topological polar surface area (TPSA) is 12.9 Å². The minimum Gasteiger partial charge on any atom is -0.256 e. The van der Waals surface area contributed by atoms with E-state index in [0.717, 1.165) is 11.4 Å². The van der Waals surface area contributed by atoms with Gasteiger partial charge in [-0.3, -0.25) is 4.98 Å². The molecule has 0 radical (unpaired) electrons. The van der Waals surface area contributed by atoms with Crippen LogP contribution < -0.4 is 0 Å². The predicted octanol–water partition coefficient (Wildman–Crippen LogP) is 4.28. The second-order valence-corrected chi connectivity index (χ2v) is 4.75. The van der Waals surface area contributed by atoms with Crippen molar-refractivity contribution in [3.8, 4) is 0 Å². The van der Waals surface area contributed by atoms with Gasteiger partial charge in [-0.05, 0) is 36.5 Å². The van der Waals surface area contributed by atoms with E-state index in [-0.39, 0.29) is 0 Å². The van der Waals surface area contributed by atoms with E-state index in [1.165, 1.54) is 43.1 Å². The molecule has 0 aliphatic heterocycles. The molecule has 1 aliphatic rings. The Bertz CT molecular complexity index is 478. The third-order valence-electron chi connectivity index (χ3n) is 3.73. The Kier molecular flexibility index (Phi) is 2.61. The van der Waals surface area contributed by atoms with E-state index in [9.17, 15) is 0 Å². The predicted molar refractivity (Wildman–Crippen MR) is 67.6 cm³/mol. The lowest BCUT2D eigenvalue weighted by Crippen LogP contribution is -2.05. The van der Waals surface area contributed by atoms with Crippen LogP contribution in [0.25, 0.3) is 10.9 Å². The number of hydrogen-bond donors (Lipinski definition) is 0. The molecule has 0 N–H and O–H groups in total. The highest BCUT2D eigenvalue weighted by Gasteiger charge is 2.17. The van der Waals surface area contributed by atoms with Gasteiger partial charge in [0.1, 0.15) is 0 Å². The van der Waals surface area contributed by atoms with Crippen LogP contribution in [0.1, 0.15) is 43.6 Å². The van der Waals surface area contributed by atoms with Crippen molar-refractivity contribution in [2.24, 2.45) is 0 Å². The summed E-state index contributed by atoms with van der Waals surface area (Å²) in [5.74, 6) is 0.765. The second kappa shape index (κ2) is 4.25. The van der Waals surface area contributed by atoms with Gasteiger partial charge in [-0.15, -0.1) is 0 Å². The first kappa shape index (κ1) is 9.83. The molecule has 0 saturated heterocycles. The average molecular weight is 211 g/mol. The fraction of sp³-hybridized carbons (Fsp3) is 0.400. The van der Waals surface area contributed by atoms with E-state index in [1.807, 2.05) is 6.20 Å². The van der Waals surface area contributed by atoms with Crippen LogP contribution in [-0.4, -0.2) is 4.98 Å². The van der Waals surface area contributed by atoms with Crippen molar-refractivity contribution < 1.29 is 0 Å². The first-order valence-electron chi connectivity index (χ1n) is 6.29. The molecule has 0 bridgehead atoms. The molecule has 82 valence electrons. The summed E-state index contributed by atoms with van der Waals surface area (Å²) in [6.45, 7) is 0. The smallest absolute Gasteiger partial charge is 0.0704 e. The van der Waals surface area contributed by atoms with Gasteiger partial charge in [0, 0.05) is 11.6 Å². The second-order valence-electron chi connectivity index (χ2n) is 4.75. The summed E-state index contributed by atoms with van der Waals surface area (Å²) >= 11 is 0. The van der Waals surface area contributed by atoms with Crippen molar-refractivity contribution in [3.05, 3.63) is 42.1 Å². The molecule has 1 aromatic carbocycles. The lowest BCUT2D eigenvalue weighted by molar-refractivity contribution is 0.445. The molecule has 0 spiro atoms. The molecule has 1 fully saturated rings. The fourth-order valence-corrected chi connectivity index (χ4v) is 2.89. The largest absolute Gasteiger partial charge is 0.256 e. The van der Waals surface area contributed by atoms with Crippen LogP contribution in [-0.2, 0) is 0 Å². The normalized spacial score (nSPS) is 17.8. The summed E-state index contributed by atoms with van der Waals surface area (Å²) in [5.41, 5.74) is 2.66. The number of aromatic nitrogens is 1. The van der Waals surface area contributed by atoms with E-state index in [2.05, 4.69) is 35.3 Å². The molecule has 2 aromatic rings. The molecular weight excluding hydrogens is 194 g/mol. The van der Waals surface area contributed by atoms with Crippen molar-refractivity contribution in [1.29, 1.82) is 0 Å². The Morgan fingerprint density at radius 3 is 2.62 bits per heavy atom. The molecule has 1 nitrogen and oxygen atoms in total. The SMILES string of the molecule is c1ccc2c(C3CCCCC3)ccnc2c1. The van der Waals surface area contributed by atoms with Crippen LogP contribution in [0.15, 0.2) is 36.5 Å². The summed E-state index contributed by atoms with van der Waals surface area (Å²) in [4.78, 5) is 4.44. The van der Waals surface area contributed by atoms with Gasteiger partial charge in [0.05, 0.1) is 5.52 Å². The van der Waals surface area contributed by atoms with Crippen molar-refractivity contribution in [3.63, 3.8) is 0 Å². The van der Waals surface area contributed by atoms with Crippen LogP contribution in [0.4, 0.5) is 0 Å². The third-order valence-corrected chi connectivity index (χ3v) is 3.73. The molecule has 16 heavy (non-hydrogen) atoms. The van der Waals surface area contributed by atoms with Gasteiger partial charge in [-0.1, -0.05) is 37.5 Å². The van der Waals surface area contributed by atoms with Gasteiger partial charge in [-0.2, -0.15) is 0 Å². The van der Waals surface area contributed by atoms with E-state index in [0.29, 0.717) is 0 Å². The molecule has 1 heterocycles. The highest BCUT2D eigenvalue weighted by atomic mass is 14.6. The van der Waals surface area contributed by atoms with Gasteiger partial charge in [0.2, 0.25) is 0 Å². The van der Waals surface area contributed by atoms with Crippen LogP contribution in [0.5, 0.6) is 0 Å². The van der Waals surface area contributed by atoms with Gasteiger partial charge < -0.3 is 0 Å².